The molecule has 1 aliphatic heterocycles. The Morgan fingerprint density at radius 2 is 1.65 bits per heavy atom. The Morgan fingerprint density at radius 1 is 1.10 bits per heavy atom. The van der Waals surface area contributed by atoms with Crippen molar-refractivity contribution in [2.75, 3.05) is 0 Å². The normalized spacial score (nSPS) is 20.4. The lowest BCUT2D eigenvalue weighted by atomic mass is 9.78. The first-order valence-corrected chi connectivity index (χ1v) is 6.97. The Morgan fingerprint density at radius 3 is 2.15 bits per heavy atom. The molecule has 4 nitrogen and oxygen atoms in total. The van der Waals surface area contributed by atoms with Gasteiger partial charge in [-0.3, -0.25) is 0 Å². The summed E-state index contributed by atoms with van der Waals surface area (Å²) in [7, 11) is -0.491. The molecule has 0 aliphatic carbocycles. The van der Waals surface area contributed by atoms with E-state index < -0.39 is 18.3 Å². The molecule has 0 saturated carbocycles. The van der Waals surface area contributed by atoms with Gasteiger partial charge in [-0.05, 0) is 47.6 Å². The van der Waals surface area contributed by atoms with Gasteiger partial charge in [-0.25, -0.2) is 0 Å². The van der Waals surface area contributed by atoms with Crippen LogP contribution in [0, 0.1) is 0 Å². The third kappa shape index (κ3) is 2.79. The van der Waals surface area contributed by atoms with Crippen molar-refractivity contribution in [3.63, 3.8) is 0 Å². The van der Waals surface area contributed by atoms with Gasteiger partial charge < -0.3 is 19.2 Å². The summed E-state index contributed by atoms with van der Waals surface area (Å²) in [6.45, 7) is 11.9. The van der Waals surface area contributed by atoms with E-state index in [9.17, 15) is 5.11 Å². The molecular weight excluding hydrogens is 255 g/mol. The first-order valence-electron chi connectivity index (χ1n) is 6.97. The Hall–Kier alpha value is -1.20. The highest BCUT2D eigenvalue weighted by molar-refractivity contribution is 6.63. The molecule has 1 aromatic rings. The second-order valence-corrected chi connectivity index (χ2v) is 6.48. The Labute approximate surface area is 121 Å². The van der Waals surface area contributed by atoms with Gasteiger partial charge >= 0.3 is 7.12 Å². The van der Waals surface area contributed by atoms with Crippen molar-refractivity contribution in [1.82, 2.24) is 0 Å². The predicted octanol–water partition coefficient (Wildman–Crippen LogP) is 2.48. The molecule has 1 aliphatic rings. The van der Waals surface area contributed by atoms with Crippen LogP contribution in [0.15, 0.2) is 18.2 Å². The van der Waals surface area contributed by atoms with Crippen molar-refractivity contribution in [2.24, 2.45) is 0 Å². The second kappa shape index (κ2) is 4.97. The van der Waals surface area contributed by atoms with E-state index in [2.05, 4.69) is 0 Å². The number of phenolic OH excluding ortho intramolecular Hbond substituents is 1. The van der Waals surface area contributed by atoms with Gasteiger partial charge in [0.2, 0.25) is 0 Å². The molecule has 1 fully saturated rings. The highest BCUT2D eigenvalue weighted by Gasteiger charge is 2.52. The number of hydrogen-bond donors (Lipinski definition) is 1. The van der Waals surface area contributed by atoms with Crippen LogP contribution < -0.4 is 10.2 Å². The first kappa shape index (κ1) is 15.2. The van der Waals surface area contributed by atoms with E-state index in [0.717, 1.165) is 5.46 Å². The van der Waals surface area contributed by atoms with Crippen LogP contribution in [0.1, 0.15) is 41.5 Å². The van der Waals surface area contributed by atoms with Crippen molar-refractivity contribution in [2.45, 2.75) is 58.8 Å². The van der Waals surface area contributed by atoms with Crippen molar-refractivity contribution in [3.05, 3.63) is 18.2 Å². The van der Waals surface area contributed by atoms with Crippen LogP contribution in [0.2, 0.25) is 0 Å². The van der Waals surface area contributed by atoms with E-state index in [1.807, 2.05) is 41.5 Å². The van der Waals surface area contributed by atoms with Crippen LogP contribution in [0.5, 0.6) is 11.5 Å². The van der Waals surface area contributed by atoms with Crippen LogP contribution in [0.3, 0.4) is 0 Å². The van der Waals surface area contributed by atoms with E-state index in [0.29, 0.717) is 5.75 Å². The maximum atomic E-state index is 9.64. The summed E-state index contributed by atoms with van der Waals surface area (Å²) in [6.07, 6.45) is 0.0120. The lowest BCUT2D eigenvalue weighted by Gasteiger charge is -2.32. The summed E-state index contributed by atoms with van der Waals surface area (Å²) in [5.74, 6) is 0.763. The Kier molecular flexibility index (Phi) is 3.78. The van der Waals surface area contributed by atoms with Crippen LogP contribution in [-0.2, 0) is 9.31 Å². The fourth-order valence-electron chi connectivity index (χ4n) is 2.04. The average Bonchev–Trinajstić information content (AvgIpc) is 2.46. The third-order valence-corrected chi connectivity index (χ3v) is 3.87. The highest BCUT2D eigenvalue weighted by atomic mass is 16.7. The van der Waals surface area contributed by atoms with Gasteiger partial charge in [-0.1, -0.05) is 6.07 Å². The van der Waals surface area contributed by atoms with Crippen LogP contribution in [0.4, 0.5) is 0 Å². The SMILES string of the molecule is CC(C)Oc1cc(O)ccc1B1OC(C)(C)C(C)(C)O1. The first-order chi connectivity index (χ1) is 9.12. The molecule has 110 valence electrons. The number of rotatable bonds is 3. The fourth-order valence-corrected chi connectivity index (χ4v) is 2.04. The number of ether oxygens (including phenoxy) is 1. The van der Waals surface area contributed by atoms with Crippen molar-refractivity contribution < 1.29 is 19.2 Å². The molecule has 1 aromatic carbocycles. The molecule has 0 atom stereocenters. The summed E-state index contributed by atoms with van der Waals surface area (Å²) in [5.41, 5.74) is 0.00474. The fraction of sp³-hybridized carbons (Fsp3) is 0.600. The molecule has 0 aromatic heterocycles. The van der Waals surface area contributed by atoms with E-state index in [1.165, 1.54) is 0 Å². The van der Waals surface area contributed by atoms with E-state index in [-0.39, 0.29) is 11.9 Å². The van der Waals surface area contributed by atoms with Gasteiger partial charge in [-0.15, -0.1) is 0 Å². The highest BCUT2D eigenvalue weighted by Crippen LogP contribution is 2.37. The summed E-state index contributed by atoms with van der Waals surface area (Å²) < 4.78 is 17.8. The van der Waals surface area contributed by atoms with Crippen molar-refractivity contribution in [1.29, 1.82) is 0 Å². The molecule has 1 N–H and O–H groups in total. The molecule has 20 heavy (non-hydrogen) atoms. The largest absolute Gasteiger partial charge is 0.508 e. The molecule has 0 radical (unpaired) electrons. The topological polar surface area (TPSA) is 47.9 Å². The molecule has 1 heterocycles. The van der Waals surface area contributed by atoms with Gasteiger partial charge in [-0.2, -0.15) is 0 Å². The molecular formula is C15H23BO4. The predicted molar refractivity (Wildman–Crippen MR) is 79.6 cm³/mol. The standard InChI is InChI=1S/C15H23BO4/c1-10(2)18-13-9-11(17)7-8-12(13)16-19-14(3,4)15(5,6)20-16/h7-10,17H,1-6H3. The van der Waals surface area contributed by atoms with Gasteiger partial charge in [0.25, 0.3) is 0 Å². The zero-order valence-electron chi connectivity index (χ0n) is 13.1. The zero-order valence-corrected chi connectivity index (χ0v) is 13.1. The average molecular weight is 278 g/mol. The van der Waals surface area contributed by atoms with Crippen LogP contribution >= 0.6 is 0 Å². The van der Waals surface area contributed by atoms with Gasteiger partial charge in [0.05, 0.1) is 17.3 Å². The van der Waals surface area contributed by atoms with Gasteiger partial charge in [0, 0.05) is 11.5 Å². The van der Waals surface area contributed by atoms with Gasteiger partial charge in [0.1, 0.15) is 11.5 Å². The van der Waals surface area contributed by atoms with Crippen molar-refractivity contribution >= 4 is 12.6 Å². The van der Waals surface area contributed by atoms with Crippen LogP contribution in [-0.4, -0.2) is 29.5 Å². The van der Waals surface area contributed by atoms with Gasteiger partial charge in [0.15, 0.2) is 0 Å². The molecule has 0 spiro atoms. The third-order valence-electron chi connectivity index (χ3n) is 3.87. The zero-order chi connectivity index (χ0) is 15.1. The summed E-state index contributed by atoms with van der Waals surface area (Å²) >= 11 is 0. The number of phenols is 1. The Bertz CT molecular complexity index is 481. The number of hydrogen-bond acceptors (Lipinski definition) is 4. The maximum absolute atomic E-state index is 9.64. The van der Waals surface area contributed by atoms with Crippen molar-refractivity contribution in [3.8, 4) is 11.5 Å². The Balaban J connectivity index is 2.34. The summed E-state index contributed by atoms with van der Waals surface area (Å²) in [6, 6.07) is 5.00. The molecule has 0 unspecified atom stereocenters. The molecule has 0 amide bonds. The number of aromatic hydroxyl groups is 1. The summed E-state index contributed by atoms with van der Waals surface area (Å²) in [5, 5.41) is 9.64. The molecule has 5 heteroatoms. The minimum atomic E-state index is -0.491. The lowest BCUT2D eigenvalue weighted by molar-refractivity contribution is 0.00578. The molecule has 1 saturated heterocycles. The van der Waals surface area contributed by atoms with E-state index in [4.69, 9.17) is 14.0 Å². The second-order valence-electron chi connectivity index (χ2n) is 6.48. The maximum Gasteiger partial charge on any atom is 0.498 e. The minimum absolute atomic E-state index is 0.0120. The molecule has 0 bridgehead atoms. The lowest BCUT2D eigenvalue weighted by Crippen LogP contribution is -2.41. The quantitative estimate of drug-likeness (QED) is 0.863. The van der Waals surface area contributed by atoms with E-state index in [1.54, 1.807) is 18.2 Å². The minimum Gasteiger partial charge on any atom is -0.508 e. The van der Waals surface area contributed by atoms with Crippen LogP contribution in [0.25, 0.3) is 0 Å². The molecule has 2 rings (SSSR count). The smallest absolute Gasteiger partial charge is 0.498 e. The summed E-state index contributed by atoms with van der Waals surface area (Å²) in [4.78, 5) is 0. The monoisotopic (exact) mass is 278 g/mol. The number of benzene rings is 1. The van der Waals surface area contributed by atoms with E-state index >= 15 is 0 Å².